The van der Waals surface area contributed by atoms with Crippen LogP contribution < -0.4 is 10.6 Å². The Hall–Kier alpha value is -2.94. The van der Waals surface area contributed by atoms with E-state index >= 15 is 0 Å². The number of rotatable bonds is 5. The molecule has 2 aromatic rings. The predicted molar refractivity (Wildman–Crippen MR) is 103 cm³/mol. The van der Waals surface area contributed by atoms with Gasteiger partial charge in [0, 0.05) is 35.8 Å². The van der Waals surface area contributed by atoms with Crippen LogP contribution in [0, 0.1) is 16.0 Å². The lowest BCUT2D eigenvalue weighted by Gasteiger charge is -2.32. The number of nitro groups is 1. The van der Waals surface area contributed by atoms with Gasteiger partial charge in [0.25, 0.3) is 5.69 Å². The normalized spacial score (nSPS) is 16.6. The zero-order valence-corrected chi connectivity index (χ0v) is 15.4. The Balaban J connectivity index is 1.52. The van der Waals surface area contributed by atoms with E-state index < -0.39 is 4.92 Å². The molecule has 1 aromatic carbocycles. The van der Waals surface area contributed by atoms with E-state index in [1.807, 2.05) is 17.5 Å². The summed E-state index contributed by atoms with van der Waals surface area (Å²) in [6, 6.07) is 9.43. The number of nitrogens with one attached hydrogen (secondary N) is 2. The number of nitrogens with zero attached hydrogens (tertiary/aromatic N) is 2. The molecule has 0 bridgehead atoms. The number of nitro benzene ring substituents is 1. The SMILES string of the molecule is O=C(Nc1ccc([N+](=O)[O-])cc1)C1CCCN(C(=O)NCc2cccs2)C1. The lowest BCUT2D eigenvalue weighted by molar-refractivity contribution is -0.384. The van der Waals surface area contributed by atoms with Gasteiger partial charge >= 0.3 is 6.03 Å². The van der Waals surface area contributed by atoms with E-state index in [1.165, 1.54) is 24.3 Å². The molecule has 1 atom stereocenters. The maximum absolute atomic E-state index is 12.5. The first kappa shape index (κ1) is 18.8. The summed E-state index contributed by atoms with van der Waals surface area (Å²) in [5, 5.41) is 18.3. The average molecular weight is 388 g/mol. The smallest absolute Gasteiger partial charge is 0.317 e. The van der Waals surface area contributed by atoms with Crippen LogP contribution in [-0.4, -0.2) is 34.9 Å². The highest BCUT2D eigenvalue weighted by Crippen LogP contribution is 2.20. The second-order valence-corrected chi connectivity index (χ2v) is 7.35. The molecule has 2 heterocycles. The van der Waals surface area contributed by atoms with Gasteiger partial charge in [0.1, 0.15) is 0 Å². The number of amides is 3. The first-order chi connectivity index (χ1) is 13.0. The summed E-state index contributed by atoms with van der Waals surface area (Å²) >= 11 is 1.58. The summed E-state index contributed by atoms with van der Waals surface area (Å²) in [4.78, 5) is 37.8. The van der Waals surface area contributed by atoms with Crippen LogP contribution in [0.3, 0.4) is 0 Å². The van der Waals surface area contributed by atoms with Gasteiger partial charge in [-0.2, -0.15) is 0 Å². The quantitative estimate of drug-likeness (QED) is 0.606. The van der Waals surface area contributed by atoms with Crippen molar-refractivity contribution in [3.05, 3.63) is 56.8 Å². The van der Waals surface area contributed by atoms with Crippen molar-refractivity contribution < 1.29 is 14.5 Å². The summed E-state index contributed by atoms with van der Waals surface area (Å²) in [5.41, 5.74) is 0.476. The van der Waals surface area contributed by atoms with Crippen LogP contribution in [0.2, 0.25) is 0 Å². The highest BCUT2D eigenvalue weighted by atomic mass is 32.1. The van der Waals surface area contributed by atoms with Gasteiger partial charge in [0.2, 0.25) is 5.91 Å². The van der Waals surface area contributed by atoms with Gasteiger partial charge in [-0.25, -0.2) is 4.79 Å². The molecule has 0 saturated carbocycles. The number of benzene rings is 1. The lowest BCUT2D eigenvalue weighted by Crippen LogP contribution is -2.47. The number of carbonyl (C=O) groups excluding carboxylic acids is 2. The van der Waals surface area contributed by atoms with Crippen LogP contribution in [0.5, 0.6) is 0 Å². The minimum absolute atomic E-state index is 0.0285. The molecular weight excluding hydrogens is 368 g/mol. The molecule has 3 rings (SSSR count). The van der Waals surface area contributed by atoms with Gasteiger partial charge in [-0.15, -0.1) is 11.3 Å². The molecular formula is C18H20N4O4S. The molecule has 1 unspecified atom stereocenters. The Morgan fingerprint density at radius 1 is 1.26 bits per heavy atom. The van der Waals surface area contributed by atoms with Crippen molar-refractivity contribution in [3.8, 4) is 0 Å². The van der Waals surface area contributed by atoms with Crippen molar-refractivity contribution >= 4 is 34.6 Å². The van der Waals surface area contributed by atoms with E-state index in [0.717, 1.165) is 11.3 Å². The first-order valence-corrected chi connectivity index (χ1v) is 9.51. The molecule has 1 saturated heterocycles. The average Bonchev–Trinajstić information content (AvgIpc) is 3.20. The van der Waals surface area contributed by atoms with Gasteiger partial charge in [-0.3, -0.25) is 14.9 Å². The Morgan fingerprint density at radius 2 is 2.04 bits per heavy atom. The number of piperidine rings is 1. The third-order valence-electron chi connectivity index (χ3n) is 4.42. The van der Waals surface area contributed by atoms with Crippen LogP contribution >= 0.6 is 11.3 Å². The van der Waals surface area contributed by atoms with E-state index in [0.29, 0.717) is 31.7 Å². The largest absolute Gasteiger partial charge is 0.333 e. The van der Waals surface area contributed by atoms with E-state index in [4.69, 9.17) is 0 Å². The van der Waals surface area contributed by atoms with Crippen molar-refractivity contribution in [1.82, 2.24) is 10.2 Å². The molecule has 1 aliphatic heterocycles. The van der Waals surface area contributed by atoms with Gasteiger partial charge in [0.05, 0.1) is 17.4 Å². The fourth-order valence-electron chi connectivity index (χ4n) is 2.97. The molecule has 142 valence electrons. The number of likely N-dealkylation sites (tertiary alicyclic amines) is 1. The molecule has 0 spiro atoms. The summed E-state index contributed by atoms with van der Waals surface area (Å²) in [6.45, 7) is 1.46. The van der Waals surface area contributed by atoms with Crippen molar-refractivity contribution in [2.75, 3.05) is 18.4 Å². The molecule has 2 N–H and O–H groups in total. The van der Waals surface area contributed by atoms with Crippen molar-refractivity contribution in [2.24, 2.45) is 5.92 Å². The zero-order valence-electron chi connectivity index (χ0n) is 14.6. The second kappa shape index (κ2) is 8.63. The van der Waals surface area contributed by atoms with Gasteiger partial charge < -0.3 is 15.5 Å². The Kier molecular flexibility index (Phi) is 6.02. The first-order valence-electron chi connectivity index (χ1n) is 8.63. The molecule has 0 radical (unpaired) electrons. The molecule has 3 amide bonds. The topological polar surface area (TPSA) is 105 Å². The van der Waals surface area contributed by atoms with Crippen LogP contribution in [0.25, 0.3) is 0 Å². The number of non-ortho nitro benzene ring substituents is 1. The number of anilines is 1. The predicted octanol–water partition coefficient (Wildman–Crippen LogP) is 3.22. The minimum atomic E-state index is -0.487. The van der Waals surface area contributed by atoms with Crippen LogP contribution in [0.4, 0.5) is 16.2 Å². The maximum Gasteiger partial charge on any atom is 0.317 e. The van der Waals surface area contributed by atoms with Gasteiger partial charge in [-0.05, 0) is 36.4 Å². The molecule has 9 heteroatoms. The number of hydrogen-bond donors (Lipinski definition) is 2. The van der Waals surface area contributed by atoms with Crippen LogP contribution in [0.15, 0.2) is 41.8 Å². The van der Waals surface area contributed by atoms with Gasteiger partial charge in [0.15, 0.2) is 0 Å². The highest BCUT2D eigenvalue weighted by Gasteiger charge is 2.28. The lowest BCUT2D eigenvalue weighted by atomic mass is 9.97. The fraction of sp³-hybridized carbons (Fsp3) is 0.333. The highest BCUT2D eigenvalue weighted by molar-refractivity contribution is 7.09. The minimum Gasteiger partial charge on any atom is -0.333 e. The van der Waals surface area contributed by atoms with E-state index in [9.17, 15) is 19.7 Å². The molecule has 0 aliphatic carbocycles. The van der Waals surface area contributed by atoms with Crippen LogP contribution in [-0.2, 0) is 11.3 Å². The maximum atomic E-state index is 12.5. The van der Waals surface area contributed by atoms with Crippen molar-refractivity contribution in [2.45, 2.75) is 19.4 Å². The second-order valence-electron chi connectivity index (χ2n) is 6.32. The standard InChI is InChI=1S/C18H20N4O4S/c23-17(20-14-5-7-15(8-6-14)22(25)26)13-3-1-9-21(12-13)18(24)19-11-16-4-2-10-27-16/h2,4-8,10,13H,1,3,9,11-12H2,(H,19,24)(H,20,23). The van der Waals surface area contributed by atoms with Crippen LogP contribution in [0.1, 0.15) is 17.7 Å². The molecule has 27 heavy (non-hydrogen) atoms. The molecule has 1 fully saturated rings. The van der Waals surface area contributed by atoms with E-state index in [-0.39, 0.29) is 23.5 Å². The molecule has 8 nitrogen and oxygen atoms in total. The van der Waals surface area contributed by atoms with E-state index in [1.54, 1.807) is 16.2 Å². The van der Waals surface area contributed by atoms with Gasteiger partial charge in [-0.1, -0.05) is 6.07 Å². The number of carbonyl (C=O) groups is 2. The third kappa shape index (κ3) is 5.04. The number of hydrogen-bond acceptors (Lipinski definition) is 5. The summed E-state index contributed by atoms with van der Waals surface area (Å²) in [7, 11) is 0. The third-order valence-corrected chi connectivity index (χ3v) is 5.30. The molecule has 1 aliphatic rings. The Labute approximate surface area is 160 Å². The van der Waals surface area contributed by atoms with Crippen molar-refractivity contribution in [1.29, 1.82) is 0 Å². The fourth-order valence-corrected chi connectivity index (χ4v) is 3.62. The van der Waals surface area contributed by atoms with Crippen molar-refractivity contribution in [3.63, 3.8) is 0 Å². The summed E-state index contributed by atoms with van der Waals surface area (Å²) in [5.74, 6) is -0.485. The monoisotopic (exact) mass is 388 g/mol. The zero-order chi connectivity index (χ0) is 19.2. The Bertz CT molecular complexity index is 807. The Morgan fingerprint density at radius 3 is 2.70 bits per heavy atom. The van der Waals surface area contributed by atoms with E-state index in [2.05, 4.69) is 10.6 Å². The number of thiophene rings is 1. The number of urea groups is 1. The summed E-state index contributed by atoms with van der Waals surface area (Å²) < 4.78 is 0. The summed E-state index contributed by atoms with van der Waals surface area (Å²) in [6.07, 6.45) is 1.46. The molecule has 1 aromatic heterocycles.